The first-order chi connectivity index (χ1) is 10.2. The average molecular weight is 310 g/mol. The predicted molar refractivity (Wildman–Crippen MR) is 101 cm³/mol. The molecule has 0 N–H and O–H groups in total. The number of hydrogen-bond donors (Lipinski definition) is 0. The van der Waals surface area contributed by atoms with Crippen LogP contribution < -0.4 is 5.30 Å². The smallest absolute Gasteiger partial charge is 0.000710 e. The molecule has 0 unspecified atom stereocenters. The summed E-state index contributed by atoms with van der Waals surface area (Å²) < 4.78 is 0. The van der Waals surface area contributed by atoms with Crippen molar-refractivity contribution < 1.29 is 0 Å². The van der Waals surface area contributed by atoms with Crippen LogP contribution >= 0.6 is 7.92 Å². The second kappa shape index (κ2) is 5.20. The second-order valence-corrected chi connectivity index (χ2v) is 12.2. The maximum Gasteiger partial charge on any atom is -0.000710 e. The van der Waals surface area contributed by atoms with Crippen LogP contribution in [0.15, 0.2) is 42.5 Å². The Morgan fingerprint density at radius 1 is 0.727 bits per heavy atom. The lowest BCUT2D eigenvalue weighted by molar-refractivity contribution is 0.714. The highest BCUT2D eigenvalue weighted by Gasteiger charge is 2.38. The summed E-state index contributed by atoms with van der Waals surface area (Å²) in [4.78, 5) is 0. The lowest BCUT2D eigenvalue weighted by Gasteiger charge is -2.42. The van der Waals surface area contributed by atoms with Gasteiger partial charge < -0.3 is 0 Å². The SMILES string of the molecule is CC(C)(C)P(c1cccc2c1Cc1ccccc1-2)C(C)(C)C. The van der Waals surface area contributed by atoms with Crippen molar-refractivity contribution >= 4 is 13.2 Å². The number of fused-ring (bicyclic) bond motifs is 3. The average Bonchev–Trinajstić information content (AvgIpc) is 2.75. The van der Waals surface area contributed by atoms with Gasteiger partial charge in [-0.05, 0) is 44.3 Å². The molecule has 0 atom stereocenters. The van der Waals surface area contributed by atoms with Gasteiger partial charge in [-0.2, -0.15) is 0 Å². The molecule has 0 heterocycles. The molecule has 0 aromatic heterocycles. The quantitative estimate of drug-likeness (QED) is 0.486. The third-order valence-corrected chi connectivity index (χ3v) is 7.99. The minimum atomic E-state index is -0.243. The Kier molecular flexibility index (Phi) is 3.73. The summed E-state index contributed by atoms with van der Waals surface area (Å²) in [6, 6.07) is 15.9. The highest BCUT2D eigenvalue weighted by molar-refractivity contribution is 7.68. The molecule has 0 nitrogen and oxygen atoms in total. The zero-order chi connectivity index (χ0) is 16.1. The largest absolute Gasteiger partial charge is 0.0640 e. The molecule has 0 aliphatic heterocycles. The summed E-state index contributed by atoms with van der Waals surface area (Å²) in [5.41, 5.74) is 5.98. The molecule has 22 heavy (non-hydrogen) atoms. The molecule has 0 fully saturated rings. The van der Waals surface area contributed by atoms with Gasteiger partial charge in [-0.25, -0.2) is 0 Å². The van der Waals surface area contributed by atoms with E-state index in [1.165, 1.54) is 16.7 Å². The third kappa shape index (κ3) is 2.63. The van der Waals surface area contributed by atoms with Crippen molar-refractivity contribution in [3.8, 4) is 11.1 Å². The standard InChI is InChI=1S/C21H27P/c1-20(2,3)22(21(4,5)6)19-13-9-12-17-16-11-8-7-10-15(16)14-18(17)19/h7-13H,14H2,1-6H3. The first-order valence-electron chi connectivity index (χ1n) is 8.20. The Balaban J connectivity index is 2.19. The minimum absolute atomic E-state index is 0.243. The summed E-state index contributed by atoms with van der Waals surface area (Å²) in [6.07, 6.45) is 1.10. The fourth-order valence-corrected chi connectivity index (χ4v) is 8.24. The van der Waals surface area contributed by atoms with E-state index >= 15 is 0 Å². The van der Waals surface area contributed by atoms with E-state index in [0.29, 0.717) is 10.3 Å². The first-order valence-corrected chi connectivity index (χ1v) is 9.54. The monoisotopic (exact) mass is 310 g/mol. The van der Waals surface area contributed by atoms with Crippen LogP contribution in [0.25, 0.3) is 11.1 Å². The first kappa shape index (κ1) is 15.8. The molecule has 3 rings (SSSR count). The van der Waals surface area contributed by atoms with Crippen LogP contribution in [0.5, 0.6) is 0 Å². The van der Waals surface area contributed by atoms with Crippen LogP contribution in [0.1, 0.15) is 52.7 Å². The van der Waals surface area contributed by atoms with Gasteiger partial charge in [0.15, 0.2) is 0 Å². The van der Waals surface area contributed by atoms with E-state index < -0.39 is 0 Å². The molecule has 0 radical (unpaired) electrons. The molecule has 2 aromatic rings. The van der Waals surface area contributed by atoms with Crippen LogP contribution in [0.2, 0.25) is 0 Å². The van der Waals surface area contributed by atoms with E-state index in [1.54, 1.807) is 10.9 Å². The lowest BCUT2D eigenvalue weighted by atomic mass is 10.1. The maximum atomic E-state index is 2.41. The fraction of sp³-hybridized carbons (Fsp3) is 0.429. The molecule has 1 aliphatic carbocycles. The molecule has 0 bridgehead atoms. The van der Waals surface area contributed by atoms with Crippen molar-refractivity contribution in [3.05, 3.63) is 53.6 Å². The van der Waals surface area contributed by atoms with Gasteiger partial charge in [-0.15, -0.1) is 0 Å². The van der Waals surface area contributed by atoms with Gasteiger partial charge in [0, 0.05) is 0 Å². The Morgan fingerprint density at radius 3 is 1.95 bits per heavy atom. The summed E-state index contributed by atoms with van der Waals surface area (Å²) >= 11 is 0. The molecule has 0 saturated carbocycles. The van der Waals surface area contributed by atoms with Crippen molar-refractivity contribution in [2.45, 2.75) is 58.3 Å². The Labute approximate surface area is 136 Å². The molecule has 1 heteroatoms. The summed E-state index contributed by atoms with van der Waals surface area (Å²) in [7, 11) is -0.243. The second-order valence-electron chi connectivity index (χ2n) is 8.31. The molecule has 0 saturated heterocycles. The van der Waals surface area contributed by atoms with E-state index in [-0.39, 0.29) is 7.92 Å². The van der Waals surface area contributed by atoms with Gasteiger partial charge in [0.1, 0.15) is 0 Å². The van der Waals surface area contributed by atoms with Gasteiger partial charge in [-0.3, -0.25) is 0 Å². The van der Waals surface area contributed by atoms with Gasteiger partial charge >= 0.3 is 0 Å². The molecule has 1 aliphatic rings. The Morgan fingerprint density at radius 2 is 1.32 bits per heavy atom. The number of benzene rings is 2. The Bertz CT molecular complexity index is 685. The highest BCUT2D eigenvalue weighted by Crippen LogP contribution is 2.59. The molecular formula is C21H27P. The van der Waals surface area contributed by atoms with Crippen molar-refractivity contribution in [1.82, 2.24) is 0 Å². The van der Waals surface area contributed by atoms with Crippen LogP contribution in [0.4, 0.5) is 0 Å². The number of hydrogen-bond acceptors (Lipinski definition) is 0. The van der Waals surface area contributed by atoms with Gasteiger partial charge in [-0.1, -0.05) is 91.9 Å². The normalized spacial score (nSPS) is 14.1. The van der Waals surface area contributed by atoms with Crippen LogP contribution in [0.3, 0.4) is 0 Å². The lowest BCUT2D eigenvalue weighted by Crippen LogP contribution is -2.32. The van der Waals surface area contributed by atoms with E-state index in [0.717, 1.165) is 6.42 Å². The van der Waals surface area contributed by atoms with E-state index in [1.807, 2.05) is 0 Å². The van der Waals surface area contributed by atoms with Gasteiger partial charge in [0.25, 0.3) is 0 Å². The molecular weight excluding hydrogens is 283 g/mol. The van der Waals surface area contributed by atoms with Crippen LogP contribution in [-0.2, 0) is 6.42 Å². The van der Waals surface area contributed by atoms with Crippen molar-refractivity contribution in [2.24, 2.45) is 0 Å². The third-order valence-electron chi connectivity index (χ3n) is 4.41. The zero-order valence-corrected chi connectivity index (χ0v) is 15.6. The zero-order valence-electron chi connectivity index (χ0n) is 14.7. The van der Waals surface area contributed by atoms with Gasteiger partial charge in [0.2, 0.25) is 0 Å². The maximum absolute atomic E-state index is 2.41. The van der Waals surface area contributed by atoms with Crippen LogP contribution in [0, 0.1) is 0 Å². The molecule has 116 valence electrons. The summed E-state index contributed by atoms with van der Waals surface area (Å²) in [5, 5.41) is 2.25. The predicted octanol–water partition coefficient (Wildman–Crippen LogP) is 5.96. The van der Waals surface area contributed by atoms with E-state index in [2.05, 4.69) is 84.0 Å². The highest BCUT2D eigenvalue weighted by atomic mass is 31.1. The van der Waals surface area contributed by atoms with Crippen LogP contribution in [-0.4, -0.2) is 10.3 Å². The summed E-state index contributed by atoms with van der Waals surface area (Å²) in [5.74, 6) is 0. The molecule has 0 spiro atoms. The van der Waals surface area contributed by atoms with Crippen molar-refractivity contribution in [3.63, 3.8) is 0 Å². The van der Waals surface area contributed by atoms with E-state index in [4.69, 9.17) is 0 Å². The summed E-state index contributed by atoms with van der Waals surface area (Å²) in [6.45, 7) is 14.4. The Hall–Kier alpha value is -1.13. The molecule has 2 aromatic carbocycles. The topological polar surface area (TPSA) is 0 Å². The van der Waals surface area contributed by atoms with Crippen molar-refractivity contribution in [2.75, 3.05) is 0 Å². The fourth-order valence-electron chi connectivity index (χ4n) is 4.08. The molecule has 0 amide bonds. The van der Waals surface area contributed by atoms with Gasteiger partial charge in [0.05, 0.1) is 0 Å². The van der Waals surface area contributed by atoms with E-state index in [9.17, 15) is 0 Å². The minimum Gasteiger partial charge on any atom is -0.0640 e. The number of rotatable bonds is 1. The van der Waals surface area contributed by atoms with Crippen molar-refractivity contribution in [1.29, 1.82) is 0 Å².